The molecular formula is C16H15N5O2. The number of nitrogens with zero attached hydrogens (tertiary/aromatic N) is 3. The van der Waals surface area contributed by atoms with E-state index in [1.807, 2.05) is 37.3 Å². The Balaban J connectivity index is 1.92. The highest BCUT2D eigenvalue weighted by atomic mass is 16.2. The standard InChI is InChI=1S/C16H15N5O2/c1-11(12-5-3-2-4-6-12)19-14-9-15(22)21(16(23)20-14)13-7-8-17-18-10-13/h2-11,19H,1H3,(H,20,23)/t11-/m0/s1. The van der Waals surface area contributed by atoms with Gasteiger partial charge in [-0.25, -0.2) is 9.36 Å². The van der Waals surface area contributed by atoms with Crippen LogP contribution in [0.2, 0.25) is 0 Å². The molecule has 0 unspecified atom stereocenters. The van der Waals surface area contributed by atoms with Crippen molar-refractivity contribution in [1.29, 1.82) is 0 Å². The minimum absolute atomic E-state index is 0.0512. The summed E-state index contributed by atoms with van der Waals surface area (Å²) in [7, 11) is 0. The Labute approximate surface area is 131 Å². The van der Waals surface area contributed by atoms with Gasteiger partial charge in [-0.15, -0.1) is 0 Å². The van der Waals surface area contributed by atoms with Crippen molar-refractivity contribution >= 4 is 5.82 Å². The Hall–Kier alpha value is -3.22. The van der Waals surface area contributed by atoms with Gasteiger partial charge >= 0.3 is 5.69 Å². The zero-order chi connectivity index (χ0) is 16.2. The maximum absolute atomic E-state index is 12.2. The second-order valence-electron chi connectivity index (χ2n) is 5.04. The minimum Gasteiger partial charge on any atom is -0.365 e. The molecule has 0 spiro atoms. The summed E-state index contributed by atoms with van der Waals surface area (Å²) < 4.78 is 1.01. The van der Waals surface area contributed by atoms with Crippen LogP contribution in [-0.4, -0.2) is 19.7 Å². The van der Waals surface area contributed by atoms with Gasteiger partial charge in [-0.05, 0) is 18.6 Å². The second-order valence-corrected chi connectivity index (χ2v) is 5.04. The van der Waals surface area contributed by atoms with E-state index < -0.39 is 11.2 Å². The fourth-order valence-corrected chi connectivity index (χ4v) is 2.29. The number of anilines is 1. The Morgan fingerprint density at radius 3 is 2.57 bits per heavy atom. The van der Waals surface area contributed by atoms with Crippen LogP contribution in [0.25, 0.3) is 5.69 Å². The third kappa shape index (κ3) is 3.18. The lowest BCUT2D eigenvalue weighted by atomic mass is 10.1. The number of aromatic amines is 1. The largest absolute Gasteiger partial charge is 0.365 e. The zero-order valence-corrected chi connectivity index (χ0v) is 12.4. The molecule has 2 heterocycles. The summed E-state index contributed by atoms with van der Waals surface area (Å²) in [5.41, 5.74) is 0.447. The van der Waals surface area contributed by atoms with Crippen LogP contribution in [0.15, 0.2) is 64.4 Å². The molecule has 0 aliphatic carbocycles. The fourth-order valence-electron chi connectivity index (χ4n) is 2.29. The average molecular weight is 309 g/mol. The van der Waals surface area contributed by atoms with Crippen LogP contribution >= 0.6 is 0 Å². The molecule has 2 aromatic heterocycles. The third-order valence-corrected chi connectivity index (χ3v) is 3.43. The predicted octanol–water partition coefficient (Wildman–Crippen LogP) is 1.49. The van der Waals surface area contributed by atoms with Gasteiger partial charge in [-0.2, -0.15) is 10.2 Å². The molecule has 0 amide bonds. The summed E-state index contributed by atoms with van der Waals surface area (Å²) in [6.07, 6.45) is 2.78. The van der Waals surface area contributed by atoms with E-state index in [4.69, 9.17) is 0 Å². The number of aromatic nitrogens is 4. The summed E-state index contributed by atoms with van der Waals surface area (Å²) in [5, 5.41) is 10.4. The molecular weight excluding hydrogens is 294 g/mol. The lowest BCUT2D eigenvalue weighted by Crippen LogP contribution is -2.34. The fraction of sp³-hybridized carbons (Fsp3) is 0.125. The Kier molecular flexibility index (Phi) is 4.01. The van der Waals surface area contributed by atoms with Gasteiger partial charge in [0.1, 0.15) is 5.82 Å². The summed E-state index contributed by atoms with van der Waals surface area (Å²) in [4.78, 5) is 27.1. The van der Waals surface area contributed by atoms with E-state index in [1.54, 1.807) is 6.07 Å². The maximum Gasteiger partial charge on any atom is 0.334 e. The van der Waals surface area contributed by atoms with Crippen LogP contribution < -0.4 is 16.6 Å². The first-order valence-corrected chi connectivity index (χ1v) is 7.10. The Morgan fingerprint density at radius 1 is 1.13 bits per heavy atom. The van der Waals surface area contributed by atoms with Crippen LogP contribution in [-0.2, 0) is 0 Å². The number of nitrogens with one attached hydrogen (secondary N) is 2. The summed E-state index contributed by atoms with van der Waals surface area (Å²) in [5.74, 6) is 0.370. The quantitative estimate of drug-likeness (QED) is 0.761. The van der Waals surface area contributed by atoms with Crippen molar-refractivity contribution in [2.45, 2.75) is 13.0 Å². The van der Waals surface area contributed by atoms with E-state index in [1.165, 1.54) is 18.5 Å². The lowest BCUT2D eigenvalue weighted by Gasteiger charge is -2.15. The Bertz CT molecular complexity index is 872. The van der Waals surface area contributed by atoms with Crippen LogP contribution in [0.5, 0.6) is 0 Å². The molecule has 1 atom stereocenters. The van der Waals surface area contributed by atoms with Crippen molar-refractivity contribution in [2.75, 3.05) is 5.32 Å². The smallest absolute Gasteiger partial charge is 0.334 e. The van der Waals surface area contributed by atoms with Crippen molar-refractivity contribution in [3.8, 4) is 5.69 Å². The third-order valence-electron chi connectivity index (χ3n) is 3.43. The number of benzene rings is 1. The molecule has 23 heavy (non-hydrogen) atoms. The maximum atomic E-state index is 12.2. The molecule has 0 radical (unpaired) electrons. The van der Waals surface area contributed by atoms with Crippen LogP contribution in [0.4, 0.5) is 5.82 Å². The zero-order valence-electron chi connectivity index (χ0n) is 12.4. The van der Waals surface area contributed by atoms with Crippen molar-refractivity contribution in [3.63, 3.8) is 0 Å². The van der Waals surface area contributed by atoms with Crippen LogP contribution in [0, 0.1) is 0 Å². The van der Waals surface area contributed by atoms with Gasteiger partial charge in [0.05, 0.1) is 18.1 Å². The molecule has 3 rings (SSSR count). The molecule has 0 saturated carbocycles. The van der Waals surface area contributed by atoms with Gasteiger partial charge in [-0.1, -0.05) is 30.3 Å². The molecule has 0 aliphatic rings. The average Bonchev–Trinajstić information content (AvgIpc) is 2.56. The molecule has 116 valence electrons. The molecule has 0 saturated heterocycles. The Morgan fingerprint density at radius 2 is 1.91 bits per heavy atom. The first-order valence-electron chi connectivity index (χ1n) is 7.10. The highest BCUT2D eigenvalue weighted by Gasteiger charge is 2.09. The number of H-pyrrole nitrogens is 1. The molecule has 7 nitrogen and oxygen atoms in total. The summed E-state index contributed by atoms with van der Waals surface area (Å²) >= 11 is 0. The van der Waals surface area contributed by atoms with Gasteiger partial charge in [0.25, 0.3) is 5.56 Å². The summed E-state index contributed by atoms with van der Waals surface area (Å²) in [6, 6.07) is 12.6. The molecule has 1 aromatic carbocycles. The van der Waals surface area contributed by atoms with Crippen LogP contribution in [0.3, 0.4) is 0 Å². The van der Waals surface area contributed by atoms with E-state index in [-0.39, 0.29) is 6.04 Å². The van der Waals surface area contributed by atoms with Crippen molar-refractivity contribution < 1.29 is 0 Å². The van der Waals surface area contributed by atoms with Crippen molar-refractivity contribution in [2.24, 2.45) is 0 Å². The first-order chi connectivity index (χ1) is 11.1. The number of hydrogen-bond donors (Lipinski definition) is 2. The molecule has 0 bridgehead atoms. The number of rotatable bonds is 4. The van der Waals surface area contributed by atoms with E-state index in [2.05, 4.69) is 20.5 Å². The monoisotopic (exact) mass is 309 g/mol. The molecule has 0 aliphatic heterocycles. The van der Waals surface area contributed by atoms with Gasteiger partial charge in [-0.3, -0.25) is 9.78 Å². The molecule has 2 N–H and O–H groups in total. The van der Waals surface area contributed by atoms with Crippen molar-refractivity contribution in [3.05, 3.63) is 81.3 Å². The van der Waals surface area contributed by atoms with Crippen molar-refractivity contribution in [1.82, 2.24) is 19.7 Å². The van der Waals surface area contributed by atoms with E-state index in [9.17, 15) is 9.59 Å². The topological polar surface area (TPSA) is 92.7 Å². The predicted molar refractivity (Wildman–Crippen MR) is 86.7 cm³/mol. The van der Waals surface area contributed by atoms with Crippen LogP contribution in [0.1, 0.15) is 18.5 Å². The molecule has 3 aromatic rings. The number of hydrogen-bond acceptors (Lipinski definition) is 5. The van der Waals surface area contributed by atoms with E-state index >= 15 is 0 Å². The normalized spacial score (nSPS) is 11.9. The highest BCUT2D eigenvalue weighted by Crippen LogP contribution is 2.15. The van der Waals surface area contributed by atoms with Gasteiger partial charge < -0.3 is 5.32 Å². The molecule has 7 heteroatoms. The first kappa shape index (κ1) is 14.7. The highest BCUT2D eigenvalue weighted by molar-refractivity contribution is 5.38. The minimum atomic E-state index is -0.534. The van der Waals surface area contributed by atoms with Gasteiger partial charge in [0.15, 0.2) is 0 Å². The van der Waals surface area contributed by atoms with Gasteiger partial charge in [0.2, 0.25) is 0 Å². The van der Waals surface area contributed by atoms with E-state index in [0.29, 0.717) is 11.5 Å². The van der Waals surface area contributed by atoms with E-state index in [0.717, 1.165) is 10.1 Å². The van der Waals surface area contributed by atoms with Gasteiger partial charge in [0, 0.05) is 12.1 Å². The summed E-state index contributed by atoms with van der Waals surface area (Å²) in [6.45, 7) is 1.95. The second kappa shape index (κ2) is 6.27. The lowest BCUT2D eigenvalue weighted by molar-refractivity contribution is 0.829. The molecule has 0 fully saturated rings. The SMILES string of the molecule is C[C@H](Nc1cc(=O)n(-c2ccnnc2)c(=O)[nH]1)c1ccccc1.